The van der Waals surface area contributed by atoms with E-state index in [9.17, 15) is 9.59 Å². The number of amides is 2. The van der Waals surface area contributed by atoms with Crippen molar-refractivity contribution < 1.29 is 19.1 Å². The van der Waals surface area contributed by atoms with Crippen LogP contribution in [0.25, 0.3) is 0 Å². The highest BCUT2D eigenvalue weighted by Gasteiger charge is 2.47. The standard InChI is InChI=1S/C35H45N5O4/c1-43-32-5-3-2-4-31(32)37-30-14-18-39(19-15-30)33(41)29-12-10-28(11-13-29)24-40-25-35(44-34(40)42)16-20-38(21-17-35)23-27-8-6-26(22-36)7-9-27/h2-9,28-30,37H,10-21,23-25H2,1H3. The van der Waals surface area contributed by atoms with Crippen molar-refractivity contribution in [3.8, 4) is 11.8 Å². The van der Waals surface area contributed by atoms with E-state index in [-0.39, 0.29) is 17.6 Å². The van der Waals surface area contributed by atoms with Crippen molar-refractivity contribution in [3.63, 3.8) is 0 Å². The lowest BCUT2D eigenvalue weighted by Gasteiger charge is -2.38. The monoisotopic (exact) mass is 599 g/mol. The fourth-order valence-corrected chi connectivity index (χ4v) is 7.55. The van der Waals surface area contributed by atoms with Crippen LogP contribution >= 0.6 is 0 Å². The Morgan fingerprint density at radius 2 is 1.70 bits per heavy atom. The second-order valence-electron chi connectivity index (χ2n) is 13.2. The van der Waals surface area contributed by atoms with E-state index in [1.165, 1.54) is 5.56 Å². The van der Waals surface area contributed by atoms with Gasteiger partial charge in [-0.05, 0) is 74.3 Å². The number of carbonyl (C=O) groups is 2. The Balaban J connectivity index is 0.911. The van der Waals surface area contributed by atoms with Crippen LogP contribution in [0.3, 0.4) is 0 Å². The molecule has 0 atom stereocenters. The maximum atomic E-state index is 13.4. The Kier molecular flexibility index (Phi) is 9.27. The summed E-state index contributed by atoms with van der Waals surface area (Å²) in [5.41, 5.74) is 2.51. The summed E-state index contributed by atoms with van der Waals surface area (Å²) >= 11 is 0. The fourth-order valence-electron chi connectivity index (χ4n) is 7.55. The van der Waals surface area contributed by atoms with Crippen molar-refractivity contribution in [3.05, 3.63) is 59.7 Å². The minimum Gasteiger partial charge on any atom is -0.495 e. The topological polar surface area (TPSA) is 98.1 Å². The van der Waals surface area contributed by atoms with Gasteiger partial charge in [-0.1, -0.05) is 24.3 Å². The van der Waals surface area contributed by atoms with Crippen molar-refractivity contribution in [2.45, 2.75) is 69.6 Å². The molecule has 3 aliphatic heterocycles. The number of carbonyl (C=O) groups excluding carboxylic acids is 2. The van der Waals surface area contributed by atoms with E-state index in [4.69, 9.17) is 14.7 Å². The van der Waals surface area contributed by atoms with Gasteiger partial charge in [0.25, 0.3) is 0 Å². The maximum Gasteiger partial charge on any atom is 0.410 e. The molecule has 1 aliphatic carbocycles. The number of nitrogens with zero attached hydrogens (tertiary/aromatic N) is 4. The maximum absolute atomic E-state index is 13.4. The van der Waals surface area contributed by atoms with Gasteiger partial charge in [-0.15, -0.1) is 0 Å². The molecule has 234 valence electrons. The Hall–Kier alpha value is -3.77. The molecule has 0 bridgehead atoms. The third kappa shape index (κ3) is 6.96. The van der Waals surface area contributed by atoms with Crippen molar-refractivity contribution in [2.24, 2.45) is 11.8 Å². The number of anilines is 1. The van der Waals surface area contributed by atoms with Crippen molar-refractivity contribution in [2.75, 3.05) is 51.7 Å². The molecule has 9 heteroatoms. The van der Waals surface area contributed by atoms with Crippen LogP contribution in [0, 0.1) is 23.2 Å². The SMILES string of the molecule is COc1ccccc1NC1CCN(C(=O)C2CCC(CN3CC4(CCN(Cc5ccc(C#N)cc5)CC4)OC3=O)CC2)CC1. The molecular formula is C35H45N5O4. The molecule has 0 unspecified atom stereocenters. The summed E-state index contributed by atoms with van der Waals surface area (Å²) < 4.78 is 11.5. The smallest absolute Gasteiger partial charge is 0.410 e. The molecule has 9 nitrogen and oxygen atoms in total. The predicted octanol–water partition coefficient (Wildman–Crippen LogP) is 5.26. The average Bonchev–Trinajstić information content (AvgIpc) is 3.36. The first-order chi connectivity index (χ1) is 21.4. The zero-order valence-electron chi connectivity index (χ0n) is 25.9. The highest BCUT2D eigenvalue weighted by molar-refractivity contribution is 5.79. The van der Waals surface area contributed by atoms with E-state index in [0.29, 0.717) is 30.0 Å². The lowest BCUT2D eigenvalue weighted by molar-refractivity contribution is -0.137. The van der Waals surface area contributed by atoms with Crippen LogP contribution < -0.4 is 10.1 Å². The molecule has 0 radical (unpaired) electrons. The van der Waals surface area contributed by atoms with E-state index >= 15 is 0 Å². The number of benzene rings is 2. The molecule has 4 aliphatic rings. The first-order valence-electron chi connectivity index (χ1n) is 16.3. The number of hydrogen-bond donors (Lipinski definition) is 1. The lowest BCUT2D eigenvalue weighted by Crippen LogP contribution is -2.47. The molecule has 2 amide bonds. The number of rotatable bonds is 8. The molecule has 1 N–H and O–H groups in total. The van der Waals surface area contributed by atoms with Crippen LogP contribution in [0.2, 0.25) is 0 Å². The number of ether oxygens (including phenoxy) is 2. The number of likely N-dealkylation sites (tertiary alicyclic amines) is 2. The van der Waals surface area contributed by atoms with Gasteiger partial charge in [-0.2, -0.15) is 5.26 Å². The summed E-state index contributed by atoms with van der Waals surface area (Å²) in [5, 5.41) is 12.6. The van der Waals surface area contributed by atoms with Gasteiger partial charge in [0.2, 0.25) is 5.91 Å². The van der Waals surface area contributed by atoms with E-state index in [1.54, 1.807) is 7.11 Å². The van der Waals surface area contributed by atoms with Crippen LogP contribution in [0.15, 0.2) is 48.5 Å². The van der Waals surface area contributed by atoms with Crippen LogP contribution in [0.1, 0.15) is 62.5 Å². The van der Waals surface area contributed by atoms with Gasteiger partial charge in [0, 0.05) is 64.1 Å². The minimum absolute atomic E-state index is 0.0993. The predicted molar refractivity (Wildman–Crippen MR) is 168 cm³/mol. The zero-order valence-corrected chi connectivity index (χ0v) is 25.9. The first kappa shape index (κ1) is 30.3. The lowest BCUT2D eigenvalue weighted by atomic mass is 9.80. The largest absolute Gasteiger partial charge is 0.495 e. The van der Waals surface area contributed by atoms with Crippen LogP contribution in [0.5, 0.6) is 5.75 Å². The third-order valence-corrected chi connectivity index (χ3v) is 10.2. The molecule has 2 aromatic carbocycles. The number of nitriles is 1. The van der Waals surface area contributed by atoms with E-state index < -0.39 is 0 Å². The van der Waals surface area contributed by atoms with Crippen LogP contribution in [0.4, 0.5) is 10.5 Å². The van der Waals surface area contributed by atoms with Crippen molar-refractivity contribution >= 4 is 17.7 Å². The number of hydrogen-bond acceptors (Lipinski definition) is 7. The molecule has 3 heterocycles. The van der Waals surface area contributed by atoms with Crippen molar-refractivity contribution in [1.82, 2.24) is 14.7 Å². The minimum atomic E-state index is -0.377. The molecule has 3 saturated heterocycles. The molecule has 1 spiro atoms. The number of piperidine rings is 2. The van der Waals surface area contributed by atoms with Crippen LogP contribution in [-0.2, 0) is 16.1 Å². The zero-order chi connectivity index (χ0) is 30.5. The first-order valence-corrected chi connectivity index (χ1v) is 16.3. The summed E-state index contributed by atoms with van der Waals surface area (Å²) in [6, 6.07) is 18.3. The quantitative estimate of drug-likeness (QED) is 0.442. The Labute approximate surface area is 261 Å². The number of para-hydroxylation sites is 2. The average molecular weight is 600 g/mol. The third-order valence-electron chi connectivity index (χ3n) is 10.2. The normalized spacial score (nSPS) is 24.1. The second-order valence-corrected chi connectivity index (χ2v) is 13.2. The fraction of sp³-hybridized carbons (Fsp3) is 0.571. The molecular weight excluding hydrogens is 554 g/mol. The van der Waals surface area contributed by atoms with Gasteiger partial charge in [0.05, 0.1) is 31.0 Å². The van der Waals surface area contributed by atoms with Gasteiger partial charge in [-0.25, -0.2) is 4.79 Å². The van der Waals surface area contributed by atoms with Crippen LogP contribution in [-0.4, -0.2) is 84.7 Å². The van der Waals surface area contributed by atoms with Gasteiger partial charge in [-0.3, -0.25) is 9.69 Å². The summed E-state index contributed by atoms with van der Waals surface area (Å²) in [7, 11) is 1.69. The van der Waals surface area contributed by atoms with Gasteiger partial charge < -0.3 is 24.6 Å². The summed E-state index contributed by atoms with van der Waals surface area (Å²) in [6.45, 7) is 5.61. The Bertz CT molecular complexity index is 1330. The van der Waals surface area contributed by atoms with Gasteiger partial charge in [0.1, 0.15) is 11.4 Å². The van der Waals surface area contributed by atoms with E-state index in [2.05, 4.69) is 21.2 Å². The second kappa shape index (κ2) is 13.5. The summed E-state index contributed by atoms with van der Waals surface area (Å²) in [5.74, 6) is 1.68. The molecule has 2 aromatic rings. The Morgan fingerprint density at radius 1 is 1.00 bits per heavy atom. The highest BCUT2D eigenvalue weighted by Crippen LogP contribution is 2.37. The molecule has 1 saturated carbocycles. The molecule has 0 aromatic heterocycles. The highest BCUT2D eigenvalue weighted by atomic mass is 16.6. The van der Waals surface area contributed by atoms with Gasteiger partial charge >= 0.3 is 6.09 Å². The number of nitrogens with one attached hydrogen (secondary N) is 1. The van der Waals surface area contributed by atoms with E-state index in [0.717, 1.165) is 102 Å². The summed E-state index contributed by atoms with van der Waals surface area (Å²) in [4.78, 5) is 32.7. The number of methoxy groups -OCH3 is 1. The van der Waals surface area contributed by atoms with Gasteiger partial charge in [0.15, 0.2) is 0 Å². The molecule has 6 rings (SSSR count). The molecule has 44 heavy (non-hydrogen) atoms. The Morgan fingerprint density at radius 3 is 2.39 bits per heavy atom. The summed E-state index contributed by atoms with van der Waals surface area (Å²) in [6.07, 6.45) is 7.16. The van der Waals surface area contributed by atoms with E-state index in [1.807, 2.05) is 53.4 Å². The molecule has 4 fully saturated rings. The van der Waals surface area contributed by atoms with Crippen molar-refractivity contribution in [1.29, 1.82) is 5.26 Å².